The molecule has 1 aromatic rings. The fraction of sp³-hybridized carbons (Fsp3) is 0.455. The second-order valence-corrected chi connectivity index (χ2v) is 3.00. The number of benzene rings is 1. The second kappa shape index (κ2) is 4.94. The maximum absolute atomic E-state index is 13.2. The van der Waals surface area contributed by atoms with Crippen molar-refractivity contribution >= 4 is 0 Å². The highest BCUT2D eigenvalue weighted by Gasteiger charge is 2.10. The van der Waals surface area contributed by atoms with Crippen LogP contribution in [-0.4, -0.2) is 6.61 Å². The molecule has 0 fully saturated rings. The van der Waals surface area contributed by atoms with E-state index in [9.17, 15) is 8.78 Å². The topological polar surface area (TPSA) is 9.23 Å². The third-order valence-corrected chi connectivity index (χ3v) is 1.98. The van der Waals surface area contributed by atoms with Crippen LogP contribution in [0.5, 0.6) is 5.75 Å². The molecule has 0 aliphatic rings. The van der Waals surface area contributed by atoms with Crippen molar-refractivity contribution in [3.05, 3.63) is 29.6 Å². The smallest absolute Gasteiger partial charge is 0.165 e. The second-order valence-electron chi connectivity index (χ2n) is 3.00. The Morgan fingerprint density at radius 2 is 2.07 bits per heavy atom. The predicted molar refractivity (Wildman–Crippen MR) is 51.7 cm³/mol. The minimum atomic E-state index is -1.10. The number of halogens is 2. The van der Waals surface area contributed by atoms with E-state index < -0.39 is 12.0 Å². The molecule has 1 aromatic carbocycles. The minimum absolute atomic E-state index is 0.180. The first-order valence-corrected chi connectivity index (χ1v) is 4.75. The molecule has 0 saturated carbocycles. The zero-order chi connectivity index (χ0) is 10.6. The van der Waals surface area contributed by atoms with E-state index in [2.05, 4.69) is 0 Å². The molecule has 0 heterocycles. The molecular formula is C11H14F2O. The van der Waals surface area contributed by atoms with Gasteiger partial charge in [0, 0.05) is 0 Å². The molecule has 0 aliphatic heterocycles. The maximum atomic E-state index is 13.2. The van der Waals surface area contributed by atoms with Crippen LogP contribution in [0.3, 0.4) is 0 Å². The lowest BCUT2D eigenvalue weighted by Crippen LogP contribution is -1.97. The molecule has 0 aromatic heterocycles. The Labute approximate surface area is 82.7 Å². The van der Waals surface area contributed by atoms with E-state index in [-0.39, 0.29) is 5.75 Å². The Kier molecular flexibility index (Phi) is 3.86. The number of hydrogen-bond acceptors (Lipinski definition) is 1. The number of hydrogen-bond donors (Lipinski definition) is 0. The number of alkyl halides is 1. The zero-order valence-electron chi connectivity index (χ0n) is 8.39. The molecule has 0 saturated heterocycles. The molecule has 0 bridgehead atoms. The van der Waals surface area contributed by atoms with Crippen LogP contribution in [0.15, 0.2) is 18.2 Å². The lowest BCUT2D eigenvalue weighted by molar-refractivity contribution is 0.315. The van der Waals surface area contributed by atoms with Crippen LogP contribution in [0.1, 0.15) is 32.0 Å². The average Bonchev–Trinajstić information content (AvgIpc) is 2.20. The maximum Gasteiger partial charge on any atom is 0.165 e. The fourth-order valence-corrected chi connectivity index (χ4v) is 1.22. The molecule has 0 N–H and O–H groups in total. The van der Waals surface area contributed by atoms with Crippen LogP contribution in [0.25, 0.3) is 0 Å². The van der Waals surface area contributed by atoms with E-state index in [1.165, 1.54) is 12.1 Å². The SMILES string of the molecule is CCOc1ccc(C(F)CC)cc1F. The van der Waals surface area contributed by atoms with Crippen molar-refractivity contribution < 1.29 is 13.5 Å². The molecule has 1 unspecified atom stereocenters. The van der Waals surface area contributed by atoms with Crippen molar-refractivity contribution in [2.45, 2.75) is 26.4 Å². The summed E-state index contributed by atoms with van der Waals surface area (Å²) in [5, 5.41) is 0. The standard InChI is InChI=1S/C11H14F2O/c1-3-9(12)8-5-6-11(14-4-2)10(13)7-8/h5-7,9H,3-4H2,1-2H3. The van der Waals surface area contributed by atoms with Gasteiger partial charge < -0.3 is 4.74 Å². The Morgan fingerprint density at radius 1 is 1.36 bits per heavy atom. The monoisotopic (exact) mass is 200 g/mol. The van der Waals surface area contributed by atoms with Gasteiger partial charge in [-0.1, -0.05) is 13.0 Å². The van der Waals surface area contributed by atoms with Gasteiger partial charge in [0.25, 0.3) is 0 Å². The summed E-state index contributed by atoms with van der Waals surface area (Å²) in [5.41, 5.74) is 0.369. The molecule has 0 aliphatic carbocycles. The highest BCUT2D eigenvalue weighted by Crippen LogP contribution is 2.25. The van der Waals surface area contributed by atoms with Gasteiger partial charge >= 0.3 is 0 Å². The lowest BCUT2D eigenvalue weighted by atomic mass is 10.1. The first-order chi connectivity index (χ1) is 6.69. The van der Waals surface area contributed by atoms with Gasteiger partial charge in [-0.2, -0.15) is 0 Å². The molecule has 14 heavy (non-hydrogen) atoms. The summed E-state index contributed by atoms with van der Waals surface area (Å²) < 4.78 is 31.4. The molecule has 1 rings (SSSR count). The van der Waals surface area contributed by atoms with Crippen molar-refractivity contribution in [3.63, 3.8) is 0 Å². The Morgan fingerprint density at radius 3 is 2.57 bits per heavy atom. The summed E-state index contributed by atoms with van der Waals surface area (Å²) in [6.07, 6.45) is -0.742. The summed E-state index contributed by atoms with van der Waals surface area (Å²) in [5.74, 6) is -0.319. The third-order valence-electron chi connectivity index (χ3n) is 1.98. The third kappa shape index (κ3) is 2.44. The van der Waals surface area contributed by atoms with Gasteiger partial charge in [0.1, 0.15) is 6.17 Å². The van der Waals surface area contributed by atoms with E-state index in [1.807, 2.05) is 0 Å². The predicted octanol–water partition coefficient (Wildman–Crippen LogP) is 3.65. The highest BCUT2D eigenvalue weighted by molar-refractivity contribution is 5.30. The molecule has 0 spiro atoms. The van der Waals surface area contributed by atoms with Crippen molar-refractivity contribution in [2.75, 3.05) is 6.61 Å². The molecule has 0 amide bonds. The van der Waals surface area contributed by atoms with Gasteiger partial charge in [-0.3, -0.25) is 0 Å². The van der Waals surface area contributed by atoms with Gasteiger partial charge in [-0.15, -0.1) is 0 Å². The van der Waals surface area contributed by atoms with Crippen molar-refractivity contribution in [2.24, 2.45) is 0 Å². The van der Waals surface area contributed by atoms with E-state index in [1.54, 1.807) is 19.9 Å². The average molecular weight is 200 g/mol. The summed E-state index contributed by atoms with van der Waals surface area (Å²) in [7, 11) is 0. The van der Waals surface area contributed by atoms with E-state index >= 15 is 0 Å². The molecular weight excluding hydrogens is 186 g/mol. The Bertz CT molecular complexity index is 299. The van der Waals surface area contributed by atoms with E-state index in [0.717, 1.165) is 0 Å². The summed E-state index contributed by atoms with van der Waals surface area (Å²) in [4.78, 5) is 0. The van der Waals surface area contributed by atoms with Crippen LogP contribution in [0.2, 0.25) is 0 Å². The van der Waals surface area contributed by atoms with Crippen LogP contribution in [0.4, 0.5) is 8.78 Å². The van der Waals surface area contributed by atoms with Crippen LogP contribution >= 0.6 is 0 Å². The number of ether oxygens (including phenoxy) is 1. The van der Waals surface area contributed by atoms with E-state index in [0.29, 0.717) is 18.6 Å². The Hall–Kier alpha value is -1.12. The van der Waals surface area contributed by atoms with Gasteiger partial charge in [0.05, 0.1) is 6.61 Å². The summed E-state index contributed by atoms with van der Waals surface area (Å²) in [6.45, 7) is 3.90. The Balaban J connectivity index is 2.88. The van der Waals surface area contributed by atoms with Crippen LogP contribution < -0.4 is 4.74 Å². The molecule has 0 radical (unpaired) electrons. The van der Waals surface area contributed by atoms with E-state index in [4.69, 9.17) is 4.74 Å². The molecule has 1 nitrogen and oxygen atoms in total. The normalized spacial score (nSPS) is 12.6. The molecule has 78 valence electrons. The largest absolute Gasteiger partial charge is 0.491 e. The van der Waals surface area contributed by atoms with Crippen molar-refractivity contribution in [3.8, 4) is 5.75 Å². The first kappa shape index (κ1) is 11.0. The first-order valence-electron chi connectivity index (χ1n) is 4.75. The van der Waals surface area contributed by atoms with Gasteiger partial charge in [-0.25, -0.2) is 8.78 Å². The van der Waals surface area contributed by atoms with Gasteiger partial charge in [0.15, 0.2) is 11.6 Å². The van der Waals surface area contributed by atoms with Gasteiger partial charge in [-0.05, 0) is 31.0 Å². The summed E-state index contributed by atoms with van der Waals surface area (Å²) >= 11 is 0. The van der Waals surface area contributed by atoms with Crippen molar-refractivity contribution in [1.29, 1.82) is 0 Å². The van der Waals surface area contributed by atoms with Crippen LogP contribution in [-0.2, 0) is 0 Å². The quantitative estimate of drug-likeness (QED) is 0.720. The fourth-order valence-electron chi connectivity index (χ4n) is 1.22. The zero-order valence-corrected chi connectivity index (χ0v) is 8.39. The lowest BCUT2D eigenvalue weighted by Gasteiger charge is -2.08. The summed E-state index contributed by atoms with van der Waals surface area (Å²) in [6, 6.07) is 4.22. The van der Waals surface area contributed by atoms with Crippen LogP contribution in [0, 0.1) is 5.82 Å². The minimum Gasteiger partial charge on any atom is -0.491 e. The molecule has 1 atom stereocenters. The van der Waals surface area contributed by atoms with Crippen molar-refractivity contribution in [1.82, 2.24) is 0 Å². The van der Waals surface area contributed by atoms with Gasteiger partial charge in [0.2, 0.25) is 0 Å². The highest BCUT2D eigenvalue weighted by atomic mass is 19.1. The number of rotatable bonds is 4. The molecule has 3 heteroatoms.